The highest BCUT2D eigenvalue weighted by Gasteiger charge is 2.10. The molecule has 17 heavy (non-hydrogen) atoms. The first-order chi connectivity index (χ1) is 8.17. The lowest BCUT2D eigenvalue weighted by Gasteiger charge is -2.14. The third-order valence-electron chi connectivity index (χ3n) is 2.98. The molecule has 0 aliphatic carbocycles. The fraction of sp³-hybridized carbons (Fsp3) is 0.357. The van der Waals surface area contributed by atoms with Crippen LogP contribution < -0.4 is 5.32 Å². The van der Waals surface area contributed by atoms with E-state index in [0.717, 1.165) is 40.8 Å². The van der Waals surface area contributed by atoms with Crippen LogP contribution in [-0.2, 0) is 6.42 Å². The summed E-state index contributed by atoms with van der Waals surface area (Å²) in [5.74, 6) is -0.220. The number of hydrogen-bond acceptors (Lipinski definition) is 2. The summed E-state index contributed by atoms with van der Waals surface area (Å²) in [6.07, 6.45) is 0.886. The Kier molecular flexibility index (Phi) is 3.27. The molecule has 3 heteroatoms. The van der Waals surface area contributed by atoms with E-state index in [9.17, 15) is 4.39 Å². The Bertz CT molecular complexity index is 549. The smallest absolute Gasteiger partial charge is 0.124 e. The Balaban J connectivity index is 2.77. The number of benzene rings is 1. The van der Waals surface area contributed by atoms with Gasteiger partial charge in [-0.2, -0.15) is 0 Å². The minimum absolute atomic E-state index is 0.220. The molecule has 0 saturated carbocycles. The van der Waals surface area contributed by atoms with Crippen LogP contribution in [0.25, 0.3) is 10.9 Å². The zero-order valence-corrected chi connectivity index (χ0v) is 10.5. The molecule has 0 aliphatic rings. The topological polar surface area (TPSA) is 24.9 Å². The Labute approximate surface area is 101 Å². The molecule has 0 saturated heterocycles. The Morgan fingerprint density at radius 2 is 2.06 bits per heavy atom. The molecule has 2 aromatic rings. The van der Waals surface area contributed by atoms with Gasteiger partial charge in [0.25, 0.3) is 0 Å². The van der Waals surface area contributed by atoms with Gasteiger partial charge in [0, 0.05) is 23.3 Å². The zero-order chi connectivity index (χ0) is 12.4. The van der Waals surface area contributed by atoms with Crippen LogP contribution in [0, 0.1) is 12.7 Å². The van der Waals surface area contributed by atoms with Gasteiger partial charge in [-0.05, 0) is 44.0 Å². The van der Waals surface area contributed by atoms with Crippen molar-refractivity contribution in [1.82, 2.24) is 4.98 Å². The average molecular weight is 232 g/mol. The summed E-state index contributed by atoms with van der Waals surface area (Å²) in [7, 11) is 0. The second kappa shape index (κ2) is 4.70. The van der Waals surface area contributed by atoms with Crippen molar-refractivity contribution in [3.63, 3.8) is 0 Å². The number of aromatic nitrogens is 1. The largest absolute Gasteiger partial charge is 0.385 e. The Morgan fingerprint density at radius 1 is 1.29 bits per heavy atom. The first-order valence-corrected chi connectivity index (χ1v) is 6.00. The van der Waals surface area contributed by atoms with Gasteiger partial charge in [0.2, 0.25) is 0 Å². The van der Waals surface area contributed by atoms with Crippen molar-refractivity contribution in [3.8, 4) is 0 Å². The molecule has 1 heterocycles. The molecule has 1 N–H and O–H groups in total. The van der Waals surface area contributed by atoms with E-state index in [0.29, 0.717) is 0 Å². The van der Waals surface area contributed by atoms with Crippen molar-refractivity contribution in [1.29, 1.82) is 0 Å². The lowest BCUT2D eigenvalue weighted by Crippen LogP contribution is -2.04. The molecule has 0 aliphatic heterocycles. The second-order valence-electron chi connectivity index (χ2n) is 4.10. The van der Waals surface area contributed by atoms with Crippen molar-refractivity contribution in [2.75, 3.05) is 11.9 Å². The summed E-state index contributed by atoms with van der Waals surface area (Å²) in [6, 6.07) is 4.75. The van der Waals surface area contributed by atoms with Crippen LogP contribution >= 0.6 is 0 Å². The van der Waals surface area contributed by atoms with E-state index in [1.165, 1.54) is 6.07 Å². The van der Waals surface area contributed by atoms with Crippen molar-refractivity contribution >= 4 is 16.6 Å². The molecule has 1 aromatic carbocycles. The van der Waals surface area contributed by atoms with E-state index in [4.69, 9.17) is 0 Å². The maximum atomic E-state index is 13.3. The second-order valence-corrected chi connectivity index (χ2v) is 4.10. The summed E-state index contributed by atoms with van der Waals surface area (Å²) < 4.78 is 13.3. The van der Waals surface area contributed by atoms with Gasteiger partial charge in [-0.1, -0.05) is 6.92 Å². The van der Waals surface area contributed by atoms with Crippen LogP contribution in [0.15, 0.2) is 18.2 Å². The molecule has 0 amide bonds. The number of anilines is 1. The fourth-order valence-corrected chi connectivity index (χ4v) is 2.13. The molecular formula is C14H17FN2. The molecule has 0 bridgehead atoms. The lowest BCUT2D eigenvalue weighted by atomic mass is 10.1. The number of rotatable bonds is 3. The number of nitrogens with zero attached hydrogens (tertiary/aromatic N) is 1. The van der Waals surface area contributed by atoms with Crippen LogP contribution in [0.4, 0.5) is 10.1 Å². The van der Waals surface area contributed by atoms with Gasteiger partial charge in [0.1, 0.15) is 5.82 Å². The van der Waals surface area contributed by atoms with E-state index in [-0.39, 0.29) is 5.82 Å². The third kappa shape index (κ3) is 2.09. The molecular weight excluding hydrogens is 215 g/mol. The highest BCUT2D eigenvalue weighted by molar-refractivity contribution is 5.93. The minimum atomic E-state index is -0.220. The summed E-state index contributed by atoms with van der Waals surface area (Å²) in [4.78, 5) is 4.57. The molecule has 0 fully saturated rings. The van der Waals surface area contributed by atoms with Gasteiger partial charge in [0.05, 0.1) is 5.52 Å². The highest BCUT2D eigenvalue weighted by Crippen LogP contribution is 2.28. The van der Waals surface area contributed by atoms with Gasteiger partial charge < -0.3 is 5.32 Å². The summed E-state index contributed by atoms with van der Waals surface area (Å²) in [5, 5.41) is 4.18. The predicted octanol–water partition coefficient (Wildman–Crippen LogP) is 3.68. The third-order valence-corrected chi connectivity index (χ3v) is 2.98. The van der Waals surface area contributed by atoms with Crippen molar-refractivity contribution in [2.24, 2.45) is 0 Å². The fourth-order valence-electron chi connectivity index (χ4n) is 2.13. The van der Waals surface area contributed by atoms with Crippen LogP contribution in [0.5, 0.6) is 0 Å². The lowest BCUT2D eigenvalue weighted by molar-refractivity contribution is 0.629. The maximum Gasteiger partial charge on any atom is 0.124 e. The van der Waals surface area contributed by atoms with Gasteiger partial charge >= 0.3 is 0 Å². The zero-order valence-electron chi connectivity index (χ0n) is 10.5. The molecule has 0 radical (unpaired) electrons. The molecule has 2 nitrogen and oxygen atoms in total. The number of pyridine rings is 1. The number of hydrogen-bond donors (Lipinski definition) is 1. The number of aryl methyl sites for hydroxylation is 1. The monoisotopic (exact) mass is 232 g/mol. The highest BCUT2D eigenvalue weighted by atomic mass is 19.1. The summed E-state index contributed by atoms with van der Waals surface area (Å²) >= 11 is 0. The van der Waals surface area contributed by atoms with Gasteiger partial charge in [-0.15, -0.1) is 0 Å². The van der Waals surface area contributed by atoms with Crippen LogP contribution in [0.1, 0.15) is 25.1 Å². The van der Waals surface area contributed by atoms with Crippen molar-refractivity contribution < 1.29 is 4.39 Å². The van der Waals surface area contributed by atoms with Gasteiger partial charge in [0.15, 0.2) is 0 Å². The van der Waals surface area contributed by atoms with E-state index in [2.05, 4.69) is 17.2 Å². The number of nitrogens with one attached hydrogen (secondary N) is 1. The first-order valence-electron chi connectivity index (χ1n) is 6.00. The van der Waals surface area contributed by atoms with E-state index < -0.39 is 0 Å². The van der Waals surface area contributed by atoms with E-state index in [1.807, 2.05) is 13.8 Å². The van der Waals surface area contributed by atoms with E-state index in [1.54, 1.807) is 12.1 Å². The minimum Gasteiger partial charge on any atom is -0.385 e. The first kappa shape index (κ1) is 11.8. The number of fused-ring (bicyclic) bond motifs is 1. The SMILES string of the molecule is CCNc1c(C)c(CC)nc2ccc(F)cc12. The Morgan fingerprint density at radius 3 is 2.71 bits per heavy atom. The average Bonchev–Trinajstić information content (AvgIpc) is 2.33. The van der Waals surface area contributed by atoms with Crippen molar-refractivity contribution in [3.05, 3.63) is 35.3 Å². The predicted molar refractivity (Wildman–Crippen MR) is 70.0 cm³/mol. The van der Waals surface area contributed by atoms with Crippen molar-refractivity contribution in [2.45, 2.75) is 27.2 Å². The van der Waals surface area contributed by atoms with Gasteiger partial charge in [-0.3, -0.25) is 4.98 Å². The summed E-state index contributed by atoms with van der Waals surface area (Å²) in [6.45, 7) is 6.98. The summed E-state index contributed by atoms with van der Waals surface area (Å²) in [5.41, 5.74) is 4.05. The molecule has 2 rings (SSSR count). The quantitative estimate of drug-likeness (QED) is 0.873. The van der Waals surface area contributed by atoms with Crippen LogP contribution in [-0.4, -0.2) is 11.5 Å². The molecule has 0 atom stereocenters. The normalized spacial score (nSPS) is 10.8. The van der Waals surface area contributed by atoms with Gasteiger partial charge in [-0.25, -0.2) is 4.39 Å². The molecule has 90 valence electrons. The number of halogens is 1. The Hall–Kier alpha value is -1.64. The standard InChI is InChI=1S/C14H17FN2/c1-4-12-9(3)14(16-5-2)11-8-10(15)6-7-13(11)17-12/h6-8H,4-5H2,1-3H3,(H,16,17). The van der Waals surface area contributed by atoms with Crippen LogP contribution in [0.3, 0.4) is 0 Å². The molecule has 1 aromatic heterocycles. The van der Waals surface area contributed by atoms with E-state index >= 15 is 0 Å². The molecule has 0 unspecified atom stereocenters. The molecule has 0 spiro atoms. The van der Waals surface area contributed by atoms with Crippen LogP contribution in [0.2, 0.25) is 0 Å². The maximum absolute atomic E-state index is 13.3.